The molecule has 6 heteroatoms. The van der Waals surface area contributed by atoms with Crippen LogP contribution >= 0.6 is 11.8 Å². The molecule has 0 aliphatic heterocycles. The van der Waals surface area contributed by atoms with Crippen molar-refractivity contribution in [3.8, 4) is 0 Å². The number of thioether (sulfide) groups is 1. The average molecular weight is 342 g/mol. The zero-order valence-corrected chi connectivity index (χ0v) is 13.9. The number of hydrogen-bond acceptors (Lipinski definition) is 4. The Morgan fingerprint density at radius 1 is 1.12 bits per heavy atom. The van der Waals surface area contributed by atoms with Gasteiger partial charge in [-0.15, -0.1) is 11.8 Å². The molecule has 0 atom stereocenters. The monoisotopic (exact) mass is 342 g/mol. The van der Waals surface area contributed by atoms with Gasteiger partial charge in [0, 0.05) is 29.6 Å². The molecule has 0 aliphatic carbocycles. The van der Waals surface area contributed by atoms with Crippen molar-refractivity contribution in [2.45, 2.75) is 11.3 Å². The van der Waals surface area contributed by atoms with Crippen LogP contribution in [0.25, 0.3) is 6.08 Å². The summed E-state index contributed by atoms with van der Waals surface area (Å²) in [5.74, 6) is 0.772. The van der Waals surface area contributed by atoms with Crippen molar-refractivity contribution in [2.75, 3.05) is 12.3 Å². The Balaban J connectivity index is 1.66. The molecule has 2 rings (SSSR count). The Morgan fingerprint density at radius 3 is 2.50 bits per heavy atom. The highest BCUT2D eigenvalue weighted by atomic mass is 32.2. The van der Waals surface area contributed by atoms with Gasteiger partial charge in [0.05, 0.1) is 4.92 Å². The van der Waals surface area contributed by atoms with Gasteiger partial charge in [-0.05, 0) is 48.1 Å². The number of nitrogens with one attached hydrogen (secondary N) is 1. The lowest BCUT2D eigenvalue weighted by Crippen LogP contribution is -2.22. The standard InChI is InChI=1S/C18H18N2O3S/c21-18(12-9-15-7-10-16(11-8-15)20(22)23)19-13-4-14-24-17-5-2-1-3-6-17/h1-3,5-12H,4,13-14H2,(H,19,21)/b12-9+. The minimum atomic E-state index is -0.451. The lowest BCUT2D eigenvalue weighted by molar-refractivity contribution is -0.384. The molecular formula is C18H18N2O3S. The van der Waals surface area contributed by atoms with Gasteiger partial charge in [-0.25, -0.2) is 0 Å². The van der Waals surface area contributed by atoms with Gasteiger partial charge in [-0.2, -0.15) is 0 Å². The topological polar surface area (TPSA) is 72.2 Å². The van der Waals surface area contributed by atoms with Crippen molar-refractivity contribution in [2.24, 2.45) is 0 Å². The van der Waals surface area contributed by atoms with E-state index in [4.69, 9.17) is 0 Å². The fourth-order valence-corrected chi connectivity index (χ4v) is 2.80. The Hall–Kier alpha value is -2.60. The second-order valence-corrected chi connectivity index (χ2v) is 6.16. The summed E-state index contributed by atoms with van der Waals surface area (Å²) in [6, 6.07) is 16.2. The fraction of sp³-hybridized carbons (Fsp3) is 0.167. The SMILES string of the molecule is O=C(/C=C/c1ccc([N+](=O)[O-])cc1)NCCCSc1ccccc1. The first-order chi connectivity index (χ1) is 11.6. The summed E-state index contributed by atoms with van der Waals surface area (Å²) in [5, 5.41) is 13.4. The molecule has 0 fully saturated rings. The number of benzene rings is 2. The number of rotatable bonds is 8. The molecule has 0 aromatic heterocycles. The van der Waals surface area contributed by atoms with Crippen LogP contribution in [0.1, 0.15) is 12.0 Å². The molecular weight excluding hydrogens is 324 g/mol. The van der Waals surface area contributed by atoms with E-state index in [0.717, 1.165) is 17.7 Å². The number of non-ortho nitro benzene ring substituents is 1. The molecule has 24 heavy (non-hydrogen) atoms. The second-order valence-electron chi connectivity index (χ2n) is 4.99. The number of nitro benzene ring substituents is 1. The summed E-state index contributed by atoms with van der Waals surface area (Å²) >= 11 is 1.76. The van der Waals surface area contributed by atoms with E-state index in [9.17, 15) is 14.9 Å². The summed E-state index contributed by atoms with van der Waals surface area (Å²) in [4.78, 5) is 23.0. The molecule has 0 aliphatic rings. The molecule has 0 radical (unpaired) electrons. The van der Waals surface area contributed by atoms with E-state index in [1.807, 2.05) is 18.2 Å². The Kier molecular flexibility index (Phi) is 7.04. The number of amides is 1. The quantitative estimate of drug-likeness (QED) is 0.260. The van der Waals surface area contributed by atoms with Crippen molar-refractivity contribution in [3.63, 3.8) is 0 Å². The van der Waals surface area contributed by atoms with Crippen LogP contribution in [0.5, 0.6) is 0 Å². The van der Waals surface area contributed by atoms with Crippen LogP contribution in [-0.2, 0) is 4.79 Å². The van der Waals surface area contributed by atoms with Gasteiger partial charge < -0.3 is 5.32 Å². The third-order valence-electron chi connectivity index (χ3n) is 3.16. The van der Waals surface area contributed by atoms with E-state index >= 15 is 0 Å². The fourth-order valence-electron chi connectivity index (χ4n) is 1.93. The van der Waals surface area contributed by atoms with Crippen molar-refractivity contribution >= 4 is 29.4 Å². The van der Waals surface area contributed by atoms with Gasteiger partial charge in [0.25, 0.3) is 5.69 Å². The lowest BCUT2D eigenvalue weighted by Gasteiger charge is -2.03. The minimum absolute atomic E-state index is 0.0347. The normalized spacial score (nSPS) is 10.7. The first kappa shape index (κ1) is 17.7. The van der Waals surface area contributed by atoms with Crippen LogP contribution in [-0.4, -0.2) is 23.1 Å². The van der Waals surface area contributed by atoms with Crippen molar-refractivity contribution < 1.29 is 9.72 Å². The largest absolute Gasteiger partial charge is 0.353 e. The van der Waals surface area contributed by atoms with Gasteiger partial charge in [0.15, 0.2) is 0 Å². The maximum atomic E-state index is 11.7. The molecule has 5 nitrogen and oxygen atoms in total. The summed E-state index contributed by atoms with van der Waals surface area (Å²) in [7, 11) is 0. The van der Waals surface area contributed by atoms with E-state index in [2.05, 4.69) is 17.4 Å². The summed E-state index contributed by atoms with van der Waals surface area (Å²) in [6.07, 6.45) is 3.96. The van der Waals surface area contributed by atoms with Crippen LogP contribution < -0.4 is 5.32 Å². The average Bonchev–Trinajstić information content (AvgIpc) is 2.61. The molecule has 0 bridgehead atoms. The van der Waals surface area contributed by atoms with Crippen LogP contribution in [0.3, 0.4) is 0 Å². The zero-order valence-electron chi connectivity index (χ0n) is 13.1. The number of carbonyl (C=O) groups excluding carboxylic acids is 1. The Morgan fingerprint density at radius 2 is 1.83 bits per heavy atom. The van der Waals surface area contributed by atoms with Crippen molar-refractivity contribution in [1.29, 1.82) is 0 Å². The van der Waals surface area contributed by atoms with Crippen LogP contribution in [0.4, 0.5) is 5.69 Å². The zero-order chi connectivity index (χ0) is 17.2. The van der Waals surface area contributed by atoms with Crippen LogP contribution in [0.15, 0.2) is 65.6 Å². The maximum Gasteiger partial charge on any atom is 0.269 e. The first-order valence-corrected chi connectivity index (χ1v) is 8.52. The second kappa shape index (κ2) is 9.52. The molecule has 2 aromatic carbocycles. The number of carbonyl (C=O) groups is 1. The summed E-state index contributed by atoms with van der Waals surface area (Å²) < 4.78 is 0. The minimum Gasteiger partial charge on any atom is -0.353 e. The van der Waals surface area contributed by atoms with Crippen molar-refractivity contribution in [3.05, 3.63) is 76.4 Å². The van der Waals surface area contributed by atoms with Crippen LogP contribution in [0, 0.1) is 10.1 Å². The van der Waals surface area contributed by atoms with Crippen LogP contribution in [0.2, 0.25) is 0 Å². The van der Waals surface area contributed by atoms with E-state index in [0.29, 0.717) is 6.54 Å². The molecule has 0 saturated carbocycles. The molecule has 1 N–H and O–H groups in total. The van der Waals surface area contributed by atoms with Crippen molar-refractivity contribution in [1.82, 2.24) is 5.32 Å². The van der Waals surface area contributed by atoms with Gasteiger partial charge in [0.1, 0.15) is 0 Å². The highest BCUT2D eigenvalue weighted by Crippen LogP contribution is 2.17. The molecule has 2 aromatic rings. The van der Waals surface area contributed by atoms with E-state index in [-0.39, 0.29) is 11.6 Å². The summed E-state index contributed by atoms with van der Waals surface area (Å²) in [6.45, 7) is 0.614. The van der Waals surface area contributed by atoms with Gasteiger partial charge in [-0.3, -0.25) is 14.9 Å². The predicted octanol–water partition coefficient (Wildman–Crippen LogP) is 3.91. The molecule has 0 unspecified atom stereocenters. The van der Waals surface area contributed by atoms with Gasteiger partial charge >= 0.3 is 0 Å². The smallest absolute Gasteiger partial charge is 0.269 e. The molecule has 1 amide bonds. The van der Waals surface area contributed by atoms with Gasteiger partial charge in [-0.1, -0.05) is 18.2 Å². The van der Waals surface area contributed by atoms with E-state index in [1.165, 1.54) is 23.1 Å². The molecule has 0 spiro atoms. The highest BCUT2D eigenvalue weighted by Gasteiger charge is 2.02. The maximum absolute atomic E-state index is 11.7. The Bertz CT molecular complexity index is 700. The molecule has 0 heterocycles. The highest BCUT2D eigenvalue weighted by molar-refractivity contribution is 7.99. The van der Waals surface area contributed by atoms with E-state index in [1.54, 1.807) is 30.0 Å². The molecule has 0 saturated heterocycles. The first-order valence-electron chi connectivity index (χ1n) is 7.53. The number of nitrogens with zero attached hydrogens (tertiary/aromatic N) is 1. The lowest BCUT2D eigenvalue weighted by atomic mass is 10.2. The molecule has 124 valence electrons. The Labute approximate surface area is 144 Å². The number of hydrogen-bond donors (Lipinski definition) is 1. The van der Waals surface area contributed by atoms with E-state index < -0.39 is 4.92 Å². The predicted molar refractivity (Wildman–Crippen MR) is 96.9 cm³/mol. The van der Waals surface area contributed by atoms with Gasteiger partial charge in [0.2, 0.25) is 5.91 Å². The summed E-state index contributed by atoms with van der Waals surface area (Å²) in [5.41, 5.74) is 0.780. The number of nitro groups is 1. The third-order valence-corrected chi connectivity index (χ3v) is 4.26. The third kappa shape index (κ3) is 6.26.